The fourth-order valence-electron chi connectivity index (χ4n) is 2.46. The summed E-state index contributed by atoms with van der Waals surface area (Å²) in [6.07, 6.45) is 3.13. The molecule has 1 atom stereocenters. The summed E-state index contributed by atoms with van der Waals surface area (Å²) in [7, 11) is 0. The molecular weight excluding hydrogens is 234 g/mol. The van der Waals surface area contributed by atoms with E-state index in [1.165, 1.54) is 24.1 Å². The molecule has 0 radical (unpaired) electrons. The van der Waals surface area contributed by atoms with Crippen molar-refractivity contribution in [1.29, 1.82) is 5.26 Å². The molecule has 19 heavy (non-hydrogen) atoms. The van der Waals surface area contributed by atoms with Crippen molar-refractivity contribution >= 4 is 5.69 Å². The normalized spacial score (nSPS) is 15.8. The number of rotatable bonds is 7. The van der Waals surface area contributed by atoms with Crippen LogP contribution in [0.5, 0.6) is 0 Å². The molecule has 0 spiro atoms. The summed E-state index contributed by atoms with van der Waals surface area (Å²) in [5.74, 6) is 0. The number of nitrogens with one attached hydrogen (secondary N) is 1. The minimum atomic E-state index is 0.396. The molecule has 1 fully saturated rings. The molecule has 1 unspecified atom stereocenters. The molecule has 0 aromatic heterocycles. The Morgan fingerprint density at radius 1 is 1.37 bits per heavy atom. The Morgan fingerprint density at radius 2 is 2.05 bits per heavy atom. The van der Waals surface area contributed by atoms with Crippen LogP contribution in [-0.2, 0) is 0 Å². The van der Waals surface area contributed by atoms with Crippen molar-refractivity contribution in [2.75, 3.05) is 18.0 Å². The van der Waals surface area contributed by atoms with Gasteiger partial charge in [-0.3, -0.25) is 0 Å². The van der Waals surface area contributed by atoms with Gasteiger partial charge in [-0.25, -0.2) is 0 Å². The fraction of sp³-hybridized carbons (Fsp3) is 0.562. The van der Waals surface area contributed by atoms with Crippen LogP contribution in [0.2, 0.25) is 0 Å². The predicted octanol–water partition coefficient (Wildman–Crippen LogP) is 3.24. The summed E-state index contributed by atoms with van der Waals surface area (Å²) < 4.78 is 0. The average Bonchev–Trinajstić information content (AvgIpc) is 3.25. The third-order valence-corrected chi connectivity index (χ3v) is 3.69. The van der Waals surface area contributed by atoms with Gasteiger partial charge in [0.05, 0.1) is 12.5 Å². The molecule has 1 aliphatic rings. The molecular formula is C16H23N3. The molecule has 1 N–H and O–H groups in total. The number of hydrogen-bond acceptors (Lipinski definition) is 3. The van der Waals surface area contributed by atoms with E-state index in [4.69, 9.17) is 5.26 Å². The summed E-state index contributed by atoms with van der Waals surface area (Å²) in [5.41, 5.74) is 2.58. The van der Waals surface area contributed by atoms with E-state index in [-0.39, 0.29) is 0 Å². The molecule has 0 amide bonds. The monoisotopic (exact) mass is 257 g/mol. The topological polar surface area (TPSA) is 39.1 Å². The molecule has 102 valence electrons. The highest BCUT2D eigenvalue weighted by molar-refractivity contribution is 5.50. The second-order valence-electron chi connectivity index (χ2n) is 5.20. The summed E-state index contributed by atoms with van der Waals surface area (Å²) >= 11 is 0. The summed E-state index contributed by atoms with van der Waals surface area (Å²) in [5, 5.41) is 12.2. The SMILES string of the molecule is CCNC(C)c1ccc(N(CCC#N)C2CC2)cc1. The van der Waals surface area contributed by atoms with Crippen molar-refractivity contribution in [3.63, 3.8) is 0 Å². The van der Waals surface area contributed by atoms with Crippen LogP contribution < -0.4 is 10.2 Å². The van der Waals surface area contributed by atoms with E-state index < -0.39 is 0 Å². The van der Waals surface area contributed by atoms with Gasteiger partial charge in [0, 0.05) is 24.3 Å². The molecule has 0 saturated heterocycles. The summed E-state index contributed by atoms with van der Waals surface area (Å²) in [4.78, 5) is 2.38. The van der Waals surface area contributed by atoms with Gasteiger partial charge in [0.15, 0.2) is 0 Å². The van der Waals surface area contributed by atoms with Gasteiger partial charge in [-0.15, -0.1) is 0 Å². The first kappa shape index (κ1) is 13.9. The third kappa shape index (κ3) is 3.71. The van der Waals surface area contributed by atoms with Crippen LogP contribution in [0.25, 0.3) is 0 Å². The molecule has 1 aromatic rings. The Hall–Kier alpha value is -1.53. The van der Waals surface area contributed by atoms with Gasteiger partial charge in [-0.2, -0.15) is 5.26 Å². The molecule has 3 heteroatoms. The second kappa shape index (κ2) is 6.58. The van der Waals surface area contributed by atoms with E-state index in [9.17, 15) is 0 Å². The molecule has 3 nitrogen and oxygen atoms in total. The maximum Gasteiger partial charge on any atom is 0.0640 e. The van der Waals surface area contributed by atoms with Gasteiger partial charge in [-0.1, -0.05) is 19.1 Å². The van der Waals surface area contributed by atoms with E-state index in [0.29, 0.717) is 18.5 Å². The minimum Gasteiger partial charge on any atom is -0.368 e. The Kier molecular flexibility index (Phi) is 4.81. The van der Waals surface area contributed by atoms with Gasteiger partial charge >= 0.3 is 0 Å². The van der Waals surface area contributed by atoms with E-state index in [1.54, 1.807) is 0 Å². The van der Waals surface area contributed by atoms with Crippen LogP contribution in [0.15, 0.2) is 24.3 Å². The highest BCUT2D eigenvalue weighted by Gasteiger charge is 2.28. The van der Waals surface area contributed by atoms with E-state index >= 15 is 0 Å². The van der Waals surface area contributed by atoms with E-state index in [0.717, 1.165) is 13.1 Å². The number of anilines is 1. The highest BCUT2D eigenvalue weighted by Crippen LogP contribution is 2.32. The van der Waals surface area contributed by atoms with Crippen LogP contribution in [0, 0.1) is 11.3 Å². The van der Waals surface area contributed by atoms with Crippen LogP contribution >= 0.6 is 0 Å². The molecule has 2 rings (SSSR count). The standard InChI is InChI=1S/C16H23N3/c1-3-18-13(2)14-5-7-15(8-6-14)19(12-4-11-17)16-9-10-16/h5-8,13,16,18H,3-4,9-10,12H2,1-2H3. The van der Waals surface area contributed by atoms with Crippen LogP contribution in [0.4, 0.5) is 5.69 Å². The van der Waals surface area contributed by atoms with Crippen molar-refractivity contribution in [3.05, 3.63) is 29.8 Å². The van der Waals surface area contributed by atoms with E-state index in [2.05, 4.69) is 54.4 Å². The zero-order valence-corrected chi connectivity index (χ0v) is 11.9. The third-order valence-electron chi connectivity index (χ3n) is 3.69. The Morgan fingerprint density at radius 3 is 2.58 bits per heavy atom. The first-order valence-electron chi connectivity index (χ1n) is 7.23. The lowest BCUT2D eigenvalue weighted by Gasteiger charge is -2.24. The van der Waals surface area contributed by atoms with Crippen LogP contribution in [0.3, 0.4) is 0 Å². The number of benzene rings is 1. The first-order chi connectivity index (χ1) is 9.26. The van der Waals surface area contributed by atoms with Gasteiger partial charge < -0.3 is 10.2 Å². The summed E-state index contributed by atoms with van der Waals surface area (Å²) in [6.45, 7) is 6.15. The minimum absolute atomic E-state index is 0.396. The molecule has 1 aliphatic carbocycles. The zero-order chi connectivity index (χ0) is 13.7. The average molecular weight is 257 g/mol. The van der Waals surface area contributed by atoms with Crippen molar-refractivity contribution in [2.24, 2.45) is 0 Å². The molecule has 0 bridgehead atoms. The molecule has 0 heterocycles. The highest BCUT2D eigenvalue weighted by atomic mass is 15.2. The van der Waals surface area contributed by atoms with Gasteiger partial charge in [0.2, 0.25) is 0 Å². The van der Waals surface area contributed by atoms with Crippen molar-refractivity contribution < 1.29 is 0 Å². The quantitative estimate of drug-likeness (QED) is 0.815. The van der Waals surface area contributed by atoms with E-state index in [1.807, 2.05) is 0 Å². The van der Waals surface area contributed by atoms with Crippen LogP contribution in [-0.4, -0.2) is 19.1 Å². The number of nitriles is 1. The van der Waals surface area contributed by atoms with Gasteiger partial charge in [0.1, 0.15) is 0 Å². The lowest BCUT2D eigenvalue weighted by atomic mass is 10.1. The van der Waals surface area contributed by atoms with Crippen molar-refractivity contribution in [3.8, 4) is 6.07 Å². The predicted molar refractivity (Wildman–Crippen MR) is 79.1 cm³/mol. The van der Waals surface area contributed by atoms with Crippen LogP contribution in [0.1, 0.15) is 44.7 Å². The number of hydrogen-bond donors (Lipinski definition) is 1. The maximum absolute atomic E-state index is 8.76. The second-order valence-corrected chi connectivity index (χ2v) is 5.20. The fourth-order valence-corrected chi connectivity index (χ4v) is 2.46. The molecule has 1 aromatic carbocycles. The Labute approximate surface area is 116 Å². The smallest absolute Gasteiger partial charge is 0.0640 e. The lowest BCUT2D eigenvalue weighted by Crippen LogP contribution is -2.26. The maximum atomic E-state index is 8.76. The van der Waals surface area contributed by atoms with Crippen molar-refractivity contribution in [2.45, 2.75) is 45.2 Å². The molecule has 1 saturated carbocycles. The van der Waals surface area contributed by atoms with Gasteiger partial charge in [0.25, 0.3) is 0 Å². The lowest BCUT2D eigenvalue weighted by molar-refractivity contribution is 0.598. The Balaban J connectivity index is 2.05. The Bertz CT molecular complexity index is 428. The number of nitrogens with zero attached hydrogens (tertiary/aromatic N) is 2. The van der Waals surface area contributed by atoms with Crippen molar-refractivity contribution in [1.82, 2.24) is 5.32 Å². The first-order valence-corrected chi connectivity index (χ1v) is 7.23. The summed E-state index contributed by atoms with van der Waals surface area (Å²) in [6, 6.07) is 12.1. The zero-order valence-electron chi connectivity index (χ0n) is 11.9. The molecule has 0 aliphatic heterocycles. The van der Waals surface area contributed by atoms with Gasteiger partial charge in [-0.05, 0) is 44.0 Å². The largest absolute Gasteiger partial charge is 0.368 e.